The van der Waals surface area contributed by atoms with E-state index in [-0.39, 0.29) is 18.2 Å². The number of hydrogen-bond acceptors (Lipinski definition) is 4. The van der Waals surface area contributed by atoms with Crippen molar-refractivity contribution in [2.45, 2.75) is 65.6 Å². The molecule has 0 fully saturated rings. The van der Waals surface area contributed by atoms with Crippen molar-refractivity contribution in [2.75, 3.05) is 0 Å². The van der Waals surface area contributed by atoms with Crippen molar-refractivity contribution < 1.29 is 23.5 Å². The molecule has 0 spiro atoms. The van der Waals surface area contributed by atoms with Gasteiger partial charge >= 0.3 is 11.9 Å². The average Bonchev–Trinajstić information content (AvgIpc) is 2.63. The normalized spacial score (nSPS) is 14.5. The fourth-order valence-electron chi connectivity index (χ4n) is 3.26. The number of benzene rings is 2. The molecule has 0 aliphatic rings. The number of esters is 2. The number of carbonyl (C=O) groups is 2. The van der Waals surface area contributed by atoms with Gasteiger partial charge in [0.25, 0.3) is 0 Å². The monoisotopic (exact) mass is 414 g/mol. The Balaban J connectivity index is 2.16. The highest BCUT2D eigenvalue weighted by Gasteiger charge is 2.28. The molecule has 0 aliphatic carbocycles. The lowest BCUT2D eigenvalue weighted by molar-refractivity contribution is -0.163. The van der Waals surface area contributed by atoms with Gasteiger partial charge in [-0.3, -0.25) is 9.59 Å². The zero-order valence-corrected chi connectivity index (χ0v) is 18.6. The van der Waals surface area contributed by atoms with Crippen molar-refractivity contribution in [2.24, 2.45) is 5.92 Å². The molecule has 0 aromatic heterocycles. The predicted molar refractivity (Wildman–Crippen MR) is 115 cm³/mol. The smallest absolute Gasteiger partial charge is 0.309 e. The Bertz CT molecular complexity index is 805. The Morgan fingerprint density at radius 3 is 1.93 bits per heavy atom. The average molecular weight is 415 g/mol. The van der Waals surface area contributed by atoms with Crippen molar-refractivity contribution in [3.8, 4) is 0 Å². The second-order valence-corrected chi connectivity index (χ2v) is 8.77. The summed E-state index contributed by atoms with van der Waals surface area (Å²) in [6.45, 7) is 10.8. The van der Waals surface area contributed by atoms with Crippen molar-refractivity contribution in [1.82, 2.24) is 0 Å². The van der Waals surface area contributed by atoms with Gasteiger partial charge in [0.05, 0.1) is 12.3 Å². The third-order valence-corrected chi connectivity index (χ3v) is 4.73. The largest absolute Gasteiger partial charge is 0.461 e. The second-order valence-electron chi connectivity index (χ2n) is 8.77. The van der Waals surface area contributed by atoms with E-state index in [0.717, 1.165) is 16.7 Å². The Morgan fingerprint density at radius 1 is 0.933 bits per heavy atom. The highest BCUT2D eigenvalue weighted by Crippen LogP contribution is 2.31. The van der Waals surface area contributed by atoms with E-state index >= 15 is 0 Å². The minimum atomic E-state index is -0.630. The van der Waals surface area contributed by atoms with E-state index < -0.39 is 29.6 Å². The zero-order valence-electron chi connectivity index (χ0n) is 18.6. The molecule has 162 valence electrons. The van der Waals surface area contributed by atoms with Gasteiger partial charge < -0.3 is 9.47 Å². The molecule has 2 aromatic carbocycles. The number of carbonyl (C=O) groups excluding carboxylic acids is 2. The molecule has 2 aromatic rings. The van der Waals surface area contributed by atoms with Gasteiger partial charge in [0.1, 0.15) is 17.5 Å². The fraction of sp³-hybridized carbons (Fsp3) is 0.440. The van der Waals surface area contributed by atoms with E-state index in [4.69, 9.17) is 9.47 Å². The number of aryl methyl sites for hydroxylation is 1. The van der Waals surface area contributed by atoms with Crippen LogP contribution in [0.3, 0.4) is 0 Å². The van der Waals surface area contributed by atoms with Gasteiger partial charge in [0.2, 0.25) is 0 Å². The maximum absolute atomic E-state index is 13.4. The van der Waals surface area contributed by atoms with E-state index in [9.17, 15) is 14.0 Å². The lowest BCUT2D eigenvalue weighted by Gasteiger charge is -2.27. The first kappa shape index (κ1) is 23.6. The molecule has 30 heavy (non-hydrogen) atoms. The van der Waals surface area contributed by atoms with Gasteiger partial charge in [-0.05, 0) is 57.9 Å². The van der Waals surface area contributed by atoms with Gasteiger partial charge in [0.15, 0.2) is 0 Å². The van der Waals surface area contributed by atoms with Crippen LogP contribution >= 0.6 is 0 Å². The Labute approximate surface area is 178 Å². The zero-order chi connectivity index (χ0) is 22.5. The maximum Gasteiger partial charge on any atom is 0.309 e. The highest BCUT2D eigenvalue weighted by atomic mass is 19.1. The van der Waals surface area contributed by atoms with Crippen LogP contribution in [0.5, 0.6) is 0 Å². The van der Waals surface area contributed by atoms with Crippen LogP contribution in [0.4, 0.5) is 4.39 Å². The molecular formula is C25H31FO4. The van der Waals surface area contributed by atoms with E-state index in [1.54, 1.807) is 39.8 Å². The van der Waals surface area contributed by atoms with Gasteiger partial charge in [-0.2, -0.15) is 0 Å². The van der Waals surface area contributed by atoms with Crippen LogP contribution < -0.4 is 0 Å². The summed E-state index contributed by atoms with van der Waals surface area (Å²) >= 11 is 0. The molecule has 4 nitrogen and oxygen atoms in total. The summed E-state index contributed by atoms with van der Waals surface area (Å²) in [7, 11) is 0. The number of halogens is 1. The van der Waals surface area contributed by atoms with Gasteiger partial charge in [-0.1, -0.05) is 48.9 Å². The Hall–Kier alpha value is -2.69. The molecule has 0 aliphatic heterocycles. The van der Waals surface area contributed by atoms with Gasteiger partial charge in [-0.15, -0.1) is 0 Å². The van der Waals surface area contributed by atoms with Crippen molar-refractivity contribution >= 4 is 11.9 Å². The molecule has 0 saturated carbocycles. The first-order valence-electron chi connectivity index (χ1n) is 10.2. The molecule has 0 saturated heterocycles. The summed E-state index contributed by atoms with van der Waals surface area (Å²) in [6, 6.07) is 14.2. The van der Waals surface area contributed by atoms with Crippen LogP contribution in [0.2, 0.25) is 0 Å². The lowest BCUT2D eigenvalue weighted by atomic mass is 9.86. The second kappa shape index (κ2) is 9.88. The summed E-state index contributed by atoms with van der Waals surface area (Å²) in [5, 5.41) is 0. The molecule has 0 radical (unpaired) electrons. The van der Waals surface area contributed by atoms with Crippen molar-refractivity contribution in [3.63, 3.8) is 0 Å². The van der Waals surface area contributed by atoms with E-state index in [1.165, 1.54) is 12.1 Å². The highest BCUT2D eigenvalue weighted by molar-refractivity contribution is 5.80. The maximum atomic E-state index is 13.4. The third-order valence-electron chi connectivity index (χ3n) is 4.73. The summed E-state index contributed by atoms with van der Waals surface area (Å²) in [6.07, 6.45) is -0.555. The summed E-state index contributed by atoms with van der Waals surface area (Å²) in [4.78, 5) is 24.7. The SMILES string of the molecule is Cc1ccc([C@@H](c2ccc(F)cc2)[C@H](C)OC(=O)[C@H](C)CC(=O)OC(C)(C)C)cc1. The van der Waals surface area contributed by atoms with Crippen LogP contribution in [0.25, 0.3) is 0 Å². The van der Waals surface area contributed by atoms with Crippen molar-refractivity contribution in [3.05, 3.63) is 71.0 Å². The van der Waals surface area contributed by atoms with Crippen LogP contribution in [0.1, 0.15) is 63.6 Å². The quantitative estimate of drug-likeness (QED) is 0.556. The van der Waals surface area contributed by atoms with E-state index in [2.05, 4.69) is 0 Å². The van der Waals surface area contributed by atoms with E-state index in [1.807, 2.05) is 38.1 Å². The Kier molecular flexibility index (Phi) is 7.77. The standard InChI is InChI=1S/C25H31FO4/c1-16-7-9-19(10-8-16)23(20-11-13-21(26)14-12-20)18(3)29-24(28)17(2)15-22(27)30-25(4,5)6/h7-14,17-18,23H,15H2,1-6H3/t17-,18+,23+/m1/s1. The Morgan fingerprint density at radius 2 is 1.43 bits per heavy atom. The predicted octanol–water partition coefficient (Wildman–Crippen LogP) is 5.57. The number of rotatable bonds is 7. The third kappa shape index (κ3) is 6.97. The molecule has 0 bridgehead atoms. The molecule has 0 N–H and O–H groups in total. The van der Waals surface area contributed by atoms with Crippen molar-refractivity contribution in [1.29, 1.82) is 0 Å². The van der Waals surface area contributed by atoms with Gasteiger partial charge in [-0.25, -0.2) is 4.39 Å². The summed E-state index contributed by atoms with van der Waals surface area (Å²) in [5.41, 5.74) is 2.33. The van der Waals surface area contributed by atoms with Crippen LogP contribution in [-0.4, -0.2) is 23.6 Å². The minimum Gasteiger partial charge on any atom is -0.461 e. The lowest BCUT2D eigenvalue weighted by Crippen LogP contribution is -2.30. The molecule has 0 heterocycles. The molecular weight excluding hydrogens is 383 g/mol. The molecule has 0 unspecified atom stereocenters. The molecule has 2 rings (SSSR count). The minimum absolute atomic E-state index is 0.0471. The topological polar surface area (TPSA) is 52.6 Å². The molecule has 5 heteroatoms. The van der Waals surface area contributed by atoms with Crippen LogP contribution in [0.15, 0.2) is 48.5 Å². The first-order valence-corrected chi connectivity index (χ1v) is 10.2. The van der Waals surface area contributed by atoms with Gasteiger partial charge in [0, 0.05) is 5.92 Å². The summed E-state index contributed by atoms with van der Waals surface area (Å²) < 4.78 is 24.5. The first-order chi connectivity index (χ1) is 14.0. The molecule has 3 atom stereocenters. The molecule has 0 amide bonds. The number of hydrogen-bond donors (Lipinski definition) is 0. The number of ether oxygens (including phenoxy) is 2. The van der Waals surface area contributed by atoms with Crippen LogP contribution in [-0.2, 0) is 19.1 Å². The van der Waals surface area contributed by atoms with Crippen LogP contribution in [0, 0.1) is 18.7 Å². The fourth-order valence-corrected chi connectivity index (χ4v) is 3.26. The summed E-state index contributed by atoms with van der Waals surface area (Å²) in [5.74, 6) is -2.11. The van der Waals surface area contributed by atoms with E-state index in [0.29, 0.717) is 0 Å².